The first kappa shape index (κ1) is 15.2. The standard InChI is InChI=1S/C15H22BrNO/c1-5-15(6-2,10-16)17-14(18)13-8-7-11(3)12(4)9-13/h7-9H,5-6,10H2,1-4H3,(H,17,18). The normalized spacial score (nSPS) is 11.4. The van der Waals surface area contributed by atoms with Crippen LogP contribution in [0.25, 0.3) is 0 Å². The van der Waals surface area contributed by atoms with Crippen LogP contribution in [0.1, 0.15) is 48.2 Å². The van der Waals surface area contributed by atoms with Crippen LogP contribution in [0.4, 0.5) is 0 Å². The number of halogens is 1. The second-order valence-corrected chi connectivity index (χ2v) is 5.43. The van der Waals surface area contributed by atoms with Gasteiger partial charge in [0.1, 0.15) is 0 Å². The number of carbonyl (C=O) groups is 1. The van der Waals surface area contributed by atoms with Crippen molar-refractivity contribution >= 4 is 21.8 Å². The van der Waals surface area contributed by atoms with E-state index in [-0.39, 0.29) is 11.4 Å². The highest BCUT2D eigenvalue weighted by Crippen LogP contribution is 2.19. The Labute approximate surface area is 118 Å². The molecule has 1 aromatic carbocycles. The summed E-state index contributed by atoms with van der Waals surface area (Å²) in [6, 6.07) is 5.84. The molecule has 100 valence electrons. The van der Waals surface area contributed by atoms with Crippen LogP contribution in [0.5, 0.6) is 0 Å². The first-order chi connectivity index (χ1) is 8.48. The first-order valence-electron chi connectivity index (χ1n) is 6.43. The Balaban J connectivity index is 2.90. The molecule has 2 nitrogen and oxygen atoms in total. The number of aryl methyl sites for hydroxylation is 2. The van der Waals surface area contributed by atoms with Crippen molar-refractivity contribution in [1.82, 2.24) is 5.32 Å². The largest absolute Gasteiger partial charge is 0.346 e. The van der Waals surface area contributed by atoms with E-state index < -0.39 is 0 Å². The second kappa shape index (κ2) is 6.37. The third-order valence-electron chi connectivity index (χ3n) is 3.76. The van der Waals surface area contributed by atoms with Crippen LogP contribution < -0.4 is 5.32 Å². The van der Waals surface area contributed by atoms with Crippen molar-refractivity contribution in [1.29, 1.82) is 0 Å². The van der Waals surface area contributed by atoms with Crippen LogP contribution in [-0.2, 0) is 0 Å². The fourth-order valence-electron chi connectivity index (χ4n) is 1.84. The van der Waals surface area contributed by atoms with Gasteiger partial charge in [0.2, 0.25) is 0 Å². The molecule has 0 aliphatic carbocycles. The minimum absolute atomic E-state index is 0.0150. The molecular formula is C15H22BrNO. The minimum Gasteiger partial charge on any atom is -0.346 e. The zero-order valence-corrected chi connectivity index (χ0v) is 13.2. The van der Waals surface area contributed by atoms with E-state index in [1.165, 1.54) is 5.56 Å². The van der Waals surface area contributed by atoms with Crippen molar-refractivity contribution in [2.45, 2.75) is 46.1 Å². The summed E-state index contributed by atoms with van der Waals surface area (Å²) >= 11 is 3.51. The molecule has 0 atom stereocenters. The number of carbonyl (C=O) groups excluding carboxylic acids is 1. The van der Waals surface area contributed by atoms with E-state index in [1.54, 1.807) is 0 Å². The summed E-state index contributed by atoms with van der Waals surface area (Å²) in [5.41, 5.74) is 2.96. The maximum absolute atomic E-state index is 12.3. The van der Waals surface area contributed by atoms with E-state index in [2.05, 4.69) is 42.0 Å². The Morgan fingerprint density at radius 1 is 1.22 bits per heavy atom. The summed E-state index contributed by atoms with van der Waals surface area (Å²) in [6.07, 6.45) is 1.84. The van der Waals surface area contributed by atoms with Gasteiger partial charge >= 0.3 is 0 Å². The fraction of sp³-hybridized carbons (Fsp3) is 0.533. The van der Waals surface area contributed by atoms with Crippen LogP contribution in [-0.4, -0.2) is 16.8 Å². The lowest BCUT2D eigenvalue weighted by Gasteiger charge is -2.31. The number of rotatable bonds is 5. The highest BCUT2D eigenvalue weighted by Gasteiger charge is 2.27. The molecule has 0 saturated carbocycles. The SMILES string of the molecule is CCC(CC)(CBr)NC(=O)c1ccc(C)c(C)c1. The summed E-state index contributed by atoms with van der Waals surface area (Å²) in [6.45, 7) is 8.29. The average Bonchev–Trinajstić information content (AvgIpc) is 2.39. The number of benzene rings is 1. The number of amides is 1. The van der Waals surface area contributed by atoms with Crippen molar-refractivity contribution in [3.63, 3.8) is 0 Å². The van der Waals surface area contributed by atoms with Gasteiger partial charge < -0.3 is 5.32 Å². The molecule has 0 radical (unpaired) electrons. The molecule has 1 rings (SSSR count). The molecule has 1 aromatic rings. The van der Waals surface area contributed by atoms with E-state index in [1.807, 2.05) is 25.1 Å². The molecule has 0 spiro atoms. The summed E-state index contributed by atoms with van der Waals surface area (Å²) in [5, 5.41) is 3.94. The number of hydrogen-bond acceptors (Lipinski definition) is 1. The van der Waals surface area contributed by atoms with Crippen LogP contribution in [0.3, 0.4) is 0 Å². The van der Waals surface area contributed by atoms with Gasteiger partial charge in [-0.2, -0.15) is 0 Å². The maximum Gasteiger partial charge on any atom is 0.251 e. The van der Waals surface area contributed by atoms with Gasteiger partial charge in [-0.05, 0) is 49.9 Å². The zero-order chi connectivity index (χ0) is 13.8. The molecule has 1 N–H and O–H groups in total. The van der Waals surface area contributed by atoms with Gasteiger partial charge in [-0.1, -0.05) is 35.8 Å². The van der Waals surface area contributed by atoms with E-state index in [9.17, 15) is 4.79 Å². The summed E-state index contributed by atoms with van der Waals surface area (Å²) in [5.74, 6) is 0.0150. The molecule has 0 aliphatic heterocycles. The highest BCUT2D eigenvalue weighted by atomic mass is 79.9. The third-order valence-corrected chi connectivity index (χ3v) is 4.83. The van der Waals surface area contributed by atoms with Crippen molar-refractivity contribution in [2.75, 3.05) is 5.33 Å². The number of alkyl halides is 1. The lowest BCUT2D eigenvalue weighted by molar-refractivity contribution is 0.0903. The van der Waals surface area contributed by atoms with Crippen molar-refractivity contribution in [2.24, 2.45) is 0 Å². The first-order valence-corrected chi connectivity index (χ1v) is 7.56. The molecule has 0 heterocycles. The Morgan fingerprint density at radius 3 is 2.28 bits per heavy atom. The molecule has 1 amide bonds. The fourth-order valence-corrected chi connectivity index (χ4v) is 2.78. The van der Waals surface area contributed by atoms with E-state index in [0.717, 1.165) is 29.3 Å². The summed E-state index contributed by atoms with van der Waals surface area (Å²) in [4.78, 5) is 12.3. The molecular weight excluding hydrogens is 290 g/mol. The van der Waals surface area contributed by atoms with Crippen LogP contribution in [0, 0.1) is 13.8 Å². The predicted octanol–water partition coefficient (Wildman–Crippen LogP) is 3.99. The van der Waals surface area contributed by atoms with Gasteiger partial charge in [-0.25, -0.2) is 0 Å². The Morgan fingerprint density at radius 2 is 1.83 bits per heavy atom. The van der Waals surface area contributed by atoms with Crippen molar-refractivity contribution in [3.8, 4) is 0 Å². The molecule has 0 saturated heterocycles. The molecule has 0 unspecified atom stereocenters. The number of nitrogens with one attached hydrogen (secondary N) is 1. The maximum atomic E-state index is 12.3. The van der Waals surface area contributed by atoms with Crippen LogP contribution >= 0.6 is 15.9 Å². The monoisotopic (exact) mass is 311 g/mol. The molecule has 0 aliphatic rings. The van der Waals surface area contributed by atoms with Gasteiger partial charge in [-0.3, -0.25) is 4.79 Å². The van der Waals surface area contributed by atoms with Gasteiger partial charge in [0, 0.05) is 16.4 Å². The quantitative estimate of drug-likeness (QED) is 0.819. The van der Waals surface area contributed by atoms with Gasteiger partial charge in [0.05, 0.1) is 0 Å². The minimum atomic E-state index is -0.143. The average molecular weight is 312 g/mol. The predicted molar refractivity (Wildman–Crippen MR) is 80.5 cm³/mol. The second-order valence-electron chi connectivity index (χ2n) is 4.87. The topological polar surface area (TPSA) is 29.1 Å². The highest BCUT2D eigenvalue weighted by molar-refractivity contribution is 9.09. The Hall–Kier alpha value is -0.830. The van der Waals surface area contributed by atoms with Crippen molar-refractivity contribution in [3.05, 3.63) is 34.9 Å². The Kier molecular flexibility index (Phi) is 5.39. The molecule has 0 fully saturated rings. The summed E-state index contributed by atoms with van der Waals surface area (Å²) < 4.78 is 0. The van der Waals surface area contributed by atoms with E-state index in [0.29, 0.717) is 0 Å². The molecule has 0 bridgehead atoms. The summed E-state index contributed by atoms with van der Waals surface area (Å²) in [7, 11) is 0. The lowest BCUT2D eigenvalue weighted by Crippen LogP contribution is -2.49. The van der Waals surface area contributed by atoms with E-state index in [4.69, 9.17) is 0 Å². The van der Waals surface area contributed by atoms with Crippen LogP contribution in [0.15, 0.2) is 18.2 Å². The Bertz CT molecular complexity index is 416. The third kappa shape index (κ3) is 3.35. The smallest absolute Gasteiger partial charge is 0.251 e. The molecule has 3 heteroatoms. The van der Waals surface area contributed by atoms with Gasteiger partial charge in [-0.15, -0.1) is 0 Å². The van der Waals surface area contributed by atoms with Crippen LogP contribution in [0.2, 0.25) is 0 Å². The van der Waals surface area contributed by atoms with E-state index >= 15 is 0 Å². The lowest BCUT2D eigenvalue weighted by atomic mass is 9.94. The van der Waals surface area contributed by atoms with Crippen molar-refractivity contribution < 1.29 is 4.79 Å². The molecule has 18 heavy (non-hydrogen) atoms. The molecule has 0 aromatic heterocycles. The van der Waals surface area contributed by atoms with Gasteiger partial charge in [0.15, 0.2) is 0 Å². The zero-order valence-electron chi connectivity index (χ0n) is 11.6. The number of hydrogen-bond donors (Lipinski definition) is 1. The van der Waals surface area contributed by atoms with Gasteiger partial charge in [0.25, 0.3) is 5.91 Å².